The zero-order chi connectivity index (χ0) is 12.7. The van der Waals surface area contributed by atoms with Crippen LogP contribution in [0.5, 0.6) is 0 Å². The third-order valence-corrected chi connectivity index (χ3v) is 4.80. The number of aromatic nitrogens is 1. The average Bonchev–Trinajstić information content (AvgIpc) is 2.77. The van der Waals surface area contributed by atoms with E-state index in [1.165, 1.54) is 4.70 Å². The minimum atomic E-state index is 0.720. The standard InChI is InChI=1S/C13H8Br2N2S/c14-7-5-8(12(16)9(15)6-7)13-17-10-3-1-2-4-11(10)18-13/h1-6H,16H2. The fraction of sp³-hybridized carbons (Fsp3) is 0. The van der Waals surface area contributed by atoms with E-state index in [1.807, 2.05) is 30.3 Å². The van der Waals surface area contributed by atoms with E-state index in [2.05, 4.69) is 42.9 Å². The number of para-hydroxylation sites is 1. The van der Waals surface area contributed by atoms with Crippen LogP contribution in [-0.2, 0) is 0 Å². The molecule has 0 spiro atoms. The summed E-state index contributed by atoms with van der Waals surface area (Å²) in [6.07, 6.45) is 0. The van der Waals surface area contributed by atoms with E-state index in [-0.39, 0.29) is 0 Å². The van der Waals surface area contributed by atoms with Gasteiger partial charge in [0.1, 0.15) is 5.01 Å². The van der Waals surface area contributed by atoms with E-state index >= 15 is 0 Å². The van der Waals surface area contributed by atoms with Crippen LogP contribution in [0.1, 0.15) is 0 Å². The van der Waals surface area contributed by atoms with Crippen LogP contribution in [0, 0.1) is 0 Å². The zero-order valence-electron chi connectivity index (χ0n) is 9.15. The minimum Gasteiger partial charge on any atom is -0.397 e. The van der Waals surface area contributed by atoms with Crippen molar-refractivity contribution >= 4 is 59.1 Å². The van der Waals surface area contributed by atoms with E-state index in [4.69, 9.17) is 5.73 Å². The largest absolute Gasteiger partial charge is 0.397 e. The highest BCUT2D eigenvalue weighted by Crippen LogP contribution is 2.38. The first kappa shape index (κ1) is 12.1. The summed E-state index contributed by atoms with van der Waals surface area (Å²) in [6, 6.07) is 12.0. The SMILES string of the molecule is Nc1c(Br)cc(Br)cc1-c1nc2ccccc2s1. The molecule has 0 amide bonds. The topological polar surface area (TPSA) is 38.9 Å². The number of fused-ring (bicyclic) bond motifs is 1. The molecule has 0 saturated carbocycles. The third kappa shape index (κ3) is 2.06. The Hall–Kier alpha value is -0.910. The van der Waals surface area contributed by atoms with Crippen molar-refractivity contribution in [3.63, 3.8) is 0 Å². The molecular formula is C13H8Br2N2S. The van der Waals surface area contributed by atoms with Gasteiger partial charge in [0.05, 0.1) is 15.9 Å². The quantitative estimate of drug-likeness (QED) is 0.595. The molecule has 2 N–H and O–H groups in total. The average molecular weight is 384 g/mol. The van der Waals surface area contributed by atoms with Gasteiger partial charge in [-0.05, 0) is 40.2 Å². The fourth-order valence-electron chi connectivity index (χ4n) is 1.75. The molecule has 0 aliphatic carbocycles. The van der Waals surface area contributed by atoms with E-state index in [9.17, 15) is 0 Å². The van der Waals surface area contributed by atoms with Crippen molar-refractivity contribution in [1.82, 2.24) is 4.98 Å². The molecule has 0 atom stereocenters. The minimum absolute atomic E-state index is 0.720. The number of nitrogen functional groups attached to an aromatic ring is 1. The highest BCUT2D eigenvalue weighted by Gasteiger charge is 2.12. The summed E-state index contributed by atoms with van der Waals surface area (Å²) in [6.45, 7) is 0. The number of rotatable bonds is 1. The van der Waals surface area contributed by atoms with Gasteiger partial charge in [-0.3, -0.25) is 0 Å². The van der Waals surface area contributed by atoms with Gasteiger partial charge in [-0.25, -0.2) is 4.98 Å². The first-order valence-electron chi connectivity index (χ1n) is 5.25. The highest BCUT2D eigenvalue weighted by atomic mass is 79.9. The molecule has 0 bridgehead atoms. The van der Waals surface area contributed by atoms with Crippen LogP contribution in [0.25, 0.3) is 20.8 Å². The second kappa shape index (κ2) is 4.64. The van der Waals surface area contributed by atoms with Crippen LogP contribution in [-0.4, -0.2) is 4.98 Å². The molecule has 0 aliphatic rings. The van der Waals surface area contributed by atoms with Gasteiger partial charge in [0.15, 0.2) is 0 Å². The van der Waals surface area contributed by atoms with E-state index in [0.29, 0.717) is 0 Å². The van der Waals surface area contributed by atoms with Crippen LogP contribution in [0.2, 0.25) is 0 Å². The predicted molar refractivity (Wildman–Crippen MR) is 84.9 cm³/mol. The van der Waals surface area contributed by atoms with Crippen LogP contribution in [0.3, 0.4) is 0 Å². The van der Waals surface area contributed by atoms with E-state index < -0.39 is 0 Å². The van der Waals surface area contributed by atoms with Crippen molar-refractivity contribution in [3.8, 4) is 10.6 Å². The second-order valence-electron chi connectivity index (χ2n) is 3.84. The van der Waals surface area contributed by atoms with Gasteiger partial charge in [0.2, 0.25) is 0 Å². The lowest BCUT2D eigenvalue weighted by Gasteiger charge is -2.05. The van der Waals surface area contributed by atoms with Crippen molar-refractivity contribution in [2.45, 2.75) is 0 Å². The van der Waals surface area contributed by atoms with Crippen molar-refractivity contribution in [2.24, 2.45) is 0 Å². The molecule has 0 aliphatic heterocycles. The zero-order valence-corrected chi connectivity index (χ0v) is 13.1. The van der Waals surface area contributed by atoms with Crippen molar-refractivity contribution in [2.75, 3.05) is 5.73 Å². The number of nitrogens with two attached hydrogens (primary N) is 1. The van der Waals surface area contributed by atoms with E-state index in [0.717, 1.165) is 30.7 Å². The van der Waals surface area contributed by atoms with Crippen LogP contribution in [0.4, 0.5) is 5.69 Å². The Labute approximate surface area is 125 Å². The number of thiazole rings is 1. The number of hydrogen-bond acceptors (Lipinski definition) is 3. The maximum Gasteiger partial charge on any atom is 0.126 e. The Morgan fingerprint density at radius 3 is 2.67 bits per heavy atom. The molecule has 0 radical (unpaired) electrons. The Kier molecular flexibility index (Phi) is 3.13. The predicted octanol–water partition coefficient (Wildman–Crippen LogP) is 5.07. The molecule has 0 unspecified atom stereocenters. The molecule has 5 heteroatoms. The molecule has 2 aromatic carbocycles. The second-order valence-corrected chi connectivity index (χ2v) is 6.64. The lowest BCUT2D eigenvalue weighted by atomic mass is 10.2. The van der Waals surface area contributed by atoms with Gasteiger partial charge in [-0.15, -0.1) is 11.3 Å². The number of benzene rings is 2. The summed E-state index contributed by atoms with van der Waals surface area (Å²) in [5.41, 5.74) is 8.79. The summed E-state index contributed by atoms with van der Waals surface area (Å²) in [5.74, 6) is 0. The molecule has 1 heterocycles. The third-order valence-electron chi connectivity index (χ3n) is 2.62. The van der Waals surface area contributed by atoms with Crippen LogP contribution < -0.4 is 5.73 Å². The van der Waals surface area contributed by atoms with Gasteiger partial charge in [-0.1, -0.05) is 28.1 Å². The number of halogens is 2. The van der Waals surface area contributed by atoms with Crippen LogP contribution >= 0.6 is 43.2 Å². The summed E-state index contributed by atoms with van der Waals surface area (Å²) >= 11 is 8.59. The molecule has 0 saturated heterocycles. The van der Waals surface area contributed by atoms with Gasteiger partial charge in [-0.2, -0.15) is 0 Å². The Bertz CT molecular complexity index is 704. The normalized spacial score (nSPS) is 11.0. The highest BCUT2D eigenvalue weighted by molar-refractivity contribution is 9.11. The van der Waals surface area contributed by atoms with Crippen molar-refractivity contribution in [1.29, 1.82) is 0 Å². The number of nitrogens with zero attached hydrogens (tertiary/aromatic N) is 1. The summed E-state index contributed by atoms with van der Waals surface area (Å²) in [7, 11) is 0. The first-order valence-corrected chi connectivity index (χ1v) is 7.66. The van der Waals surface area contributed by atoms with Crippen molar-refractivity contribution in [3.05, 3.63) is 45.3 Å². The van der Waals surface area contributed by atoms with Crippen LogP contribution in [0.15, 0.2) is 45.3 Å². The summed E-state index contributed by atoms with van der Waals surface area (Å²) in [4.78, 5) is 4.62. The lowest BCUT2D eigenvalue weighted by molar-refractivity contribution is 1.46. The summed E-state index contributed by atoms with van der Waals surface area (Å²) < 4.78 is 3.03. The smallest absolute Gasteiger partial charge is 0.126 e. The summed E-state index contributed by atoms with van der Waals surface area (Å²) in [5, 5.41) is 0.940. The van der Waals surface area contributed by atoms with Crippen molar-refractivity contribution < 1.29 is 0 Å². The number of anilines is 1. The maximum atomic E-state index is 6.10. The monoisotopic (exact) mass is 382 g/mol. The van der Waals surface area contributed by atoms with Gasteiger partial charge < -0.3 is 5.73 Å². The molecule has 0 fully saturated rings. The molecular weight excluding hydrogens is 376 g/mol. The lowest BCUT2D eigenvalue weighted by Crippen LogP contribution is -1.91. The van der Waals surface area contributed by atoms with Gasteiger partial charge in [0, 0.05) is 14.5 Å². The molecule has 1 aromatic heterocycles. The number of hydrogen-bond donors (Lipinski definition) is 1. The Balaban J connectivity index is 2.26. The molecule has 18 heavy (non-hydrogen) atoms. The van der Waals surface area contributed by atoms with E-state index in [1.54, 1.807) is 11.3 Å². The van der Waals surface area contributed by atoms with Gasteiger partial charge >= 0.3 is 0 Å². The Morgan fingerprint density at radius 1 is 1.11 bits per heavy atom. The Morgan fingerprint density at radius 2 is 1.89 bits per heavy atom. The molecule has 3 aromatic rings. The maximum absolute atomic E-state index is 6.10. The first-order chi connectivity index (χ1) is 8.65. The fourth-order valence-corrected chi connectivity index (χ4v) is 3.97. The molecule has 3 rings (SSSR count). The molecule has 90 valence electrons. The van der Waals surface area contributed by atoms with Gasteiger partial charge in [0.25, 0.3) is 0 Å². The molecule has 2 nitrogen and oxygen atoms in total.